The number of benzene rings is 2. The summed E-state index contributed by atoms with van der Waals surface area (Å²) in [6.45, 7) is 4.83. The molecule has 1 aliphatic carbocycles. The summed E-state index contributed by atoms with van der Waals surface area (Å²) < 4.78 is 20.5. The van der Waals surface area contributed by atoms with E-state index in [1.807, 2.05) is 47.1 Å². The van der Waals surface area contributed by atoms with Crippen molar-refractivity contribution in [2.75, 3.05) is 31.2 Å². The minimum atomic E-state index is -0.400. The van der Waals surface area contributed by atoms with Crippen molar-refractivity contribution in [3.05, 3.63) is 77.2 Å². The van der Waals surface area contributed by atoms with E-state index in [0.29, 0.717) is 61.3 Å². The van der Waals surface area contributed by atoms with Gasteiger partial charge in [0.15, 0.2) is 0 Å². The summed E-state index contributed by atoms with van der Waals surface area (Å²) in [7, 11) is 0. The fourth-order valence-electron chi connectivity index (χ4n) is 5.07. The van der Waals surface area contributed by atoms with Crippen LogP contribution >= 0.6 is 0 Å². The lowest BCUT2D eigenvalue weighted by Gasteiger charge is -2.31. The fraction of sp³-hybridized carbons (Fsp3) is 0.393. The molecule has 35 heavy (non-hydrogen) atoms. The molecule has 1 aromatic heterocycles. The number of carbonyl (C=O) groups is 1. The van der Waals surface area contributed by atoms with Crippen LogP contribution < -0.4 is 4.90 Å². The first-order valence-corrected chi connectivity index (χ1v) is 12.4. The molecule has 182 valence electrons. The molecule has 1 amide bonds. The first-order chi connectivity index (χ1) is 17.1. The van der Waals surface area contributed by atoms with Crippen molar-refractivity contribution in [1.82, 2.24) is 14.9 Å². The maximum atomic E-state index is 15.1. The molecule has 2 fully saturated rings. The number of hydrogen-bond donors (Lipinski definition) is 0. The third-order valence-corrected chi connectivity index (χ3v) is 6.94. The Morgan fingerprint density at radius 2 is 1.71 bits per heavy atom. The Bertz CT molecular complexity index is 1170. The van der Waals surface area contributed by atoms with Gasteiger partial charge in [-0.25, -0.2) is 14.4 Å². The van der Waals surface area contributed by atoms with Gasteiger partial charge in [-0.1, -0.05) is 55.3 Å². The number of aromatic nitrogens is 2. The number of rotatable bonds is 6. The average molecular weight is 475 g/mol. The van der Waals surface area contributed by atoms with Gasteiger partial charge in [0.1, 0.15) is 5.82 Å². The second-order valence-electron chi connectivity index (χ2n) is 9.27. The molecule has 1 aliphatic heterocycles. The van der Waals surface area contributed by atoms with E-state index in [2.05, 4.69) is 0 Å². The first-order valence-electron chi connectivity index (χ1n) is 12.4. The molecule has 0 radical (unpaired) electrons. The van der Waals surface area contributed by atoms with Crippen molar-refractivity contribution >= 4 is 11.9 Å². The van der Waals surface area contributed by atoms with Gasteiger partial charge >= 0.3 is 0 Å². The van der Waals surface area contributed by atoms with Crippen LogP contribution in [0.3, 0.4) is 0 Å². The Hall–Kier alpha value is -3.32. The minimum Gasteiger partial charge on any atom is -0.378 e. The van der Waals surface area contributed by atoms with E-state index < -0.39 is 5.82 Å². The monoisotopic (exact) mass is 474 g/mol. The molecule has 3 aromatic rings. The van der Waals surface area contributed by atoms with Gasteiger partial charge in [-0.3, -0.25) is 4.79 Å². The van der Waals surface area contributed by atoms with Gasteiger partial charge in [-0.2, -0.15) is 0 Å². The number of amides is 1. The number of morpholine rings is 1. The highest BCUT2D eigenvalue weighted by Crippen LogP contribution is 2.32. The molecule has 0 bridgehead atoms. The summed E-state index contributed by atoms with van der Waals surface area (Å²) >= 11 is 0. The van der Waals surface area contributed by atoms with Gasteiger partial charge in [0, 0.05) is 31.2 Å². The zero-order valence-corrected chi connectivity index (χ0v) is 20.1. The molecule has 2 heterocycles. The van der Waals surface area contributed by atoms with Crippen LogP contribution in [0.1, 0.15) is 47.3 Å². The second-order valence-corrected chi connectivity index (χ2v) is 9.27. The molecular weight excluding hydrogens is 443 g/mol. The first kappa shape index (κ1) is 23.4. The van der Waals surface area contributed by atoms with E-state index in [-0.39, 0.29) is 11.9 Å². The highest BCUT2D eigenvalue weighted by molar-refractivity contribution is 6.01. The normalized spacial score (nSPS) is 16.5. The van der Waals surface area contributed by atoms with E-state index in [0.717, 1.165) is 31.2 Å². The summed E-state index contributed by atoms with van der Waals surface area (Å²) in [4.78, 5) is 27.8. The molecule has 7 heteroatoms. The molecule has 0 spiro atoms. The Labute approximate surface area is 205 Å². The molecular formula is C28H31FN4O2. The van der Waals surface area contributed by atoms with Crippen LogP contribution in [0, 0.1) is 12.7 Å². The van der Waals surface area contributed by atoms with E-state index in [1.165, 1.54) is 6.07 Å². The Morgan fingerprint density at radius 1 is 1.03 bits per heavy atom. The Kier molecular flexibility index (Phi) is 7.04. The number of ether oxygens (including phenoxy) is 1. The smallest absolute Gasteiger partial charge is 0.258 e. The molecule has 0 unspecified atom stereocenters. The summed E-state index contributed by atoms with van der Waals surface area (Å²) in [6.07, 6.45) is 4.16. The van der Waals surface area contributed by atoms with Crippen molar-refractivity contribution in [2.45, 2.75) is 45.2 Å². The van der Waals surface area contributed by atoms with Crippen molar-refractivity contribution in [2.24, 2.45) is 0 Å². The average Bonchev–Trinajstić information content (AvgIpc) is 3.43. The lowest BCUT2D eigenvalue weighted by atomic mass is 10.0. The molecule has 1 saturated heterocycles. The number of halogens is 1. The SMILES string of the molecule is Cc1nc(N2CCOCC2)nc(-c2ccccc2F)c1C(=O)N(Cc1ccccc1)C1CCCC1. The molecule has 0 N–H and O–H groups in total. The van der Waals surface area contributed by atoms with Crippen LogP contribution in [0.2, 0.25) is 0 Å². The molecule has 0 atom stereocenters. The van der Waals surface area contributed by atoms with Gasteiger partial charge < -0.3 is 14.5 Å². The number of aryl methyl sites for hydroxylation is 1. The highest BCUT2D eigenvalue weighted by atomic mass is 19.1. The third kappa shape index (κ3) is 5.05. The number of anilines is 1. The van der Waals surface area contributed by atoms with Crippen molar-refractivity contribution < 1.29 is 13.9 Å². The van der Waals surface area contributed by atoms with Crippen molar-refractivity contribution in [3.8, 4) is 11.3 Å². The zero-order valence-electron chi connectivity index (χ0n) is 20.1. The van der Waals surface area contributed by atoms with E-state index in [4.69, 9.17) is 14.7 Å². The topological polar surface area (TPSA) is 58.6 Å². The summed E-state index contributed by atoms with van der Waals surface area (Å²) in [5.74, 6) is -0.0239. The predicted molar refractivity (Wildman–Crippen MR) is 134 cm³/mol. The molecule has 5 rings (SSSR count). The lowest BCUT2D eigenvalue weighted by Crippen LogP contribution is -2.40. The highest BCUT2D eigenvalue weighted by Gasteiger charge is 2.32. The number of carbonyl (C=O) groups excluding carboxylic acids is 1. The van der Waals surface area contributed by atoms with Crippen molar-refractivity contribution in [1.29, 1.82) is 0 Å². The van der Waals surface area contributed by atoms with Crippen LogP contribution in [-0.4, -0.2) is 53.1 Å². The third-order valence-electron chi connectivity index (χ3n) is 6.94. The predicted octanol–water partition coefficient (Wildman–Crippen LogP) is 5.01. The maximum Gasteiger partial charge on any atom is 0.258 e. The van der Waals surface area contributed by atoms with Crippen LogP contribution in [0.25, 0.3) is 11.3 Å². The van der Waals surface area contributed by atoms with Gasteiger partial charge in [0.25, 0.3) is 5.91 Å². The minimum absolute atomic E-state index is 0.134. The fourth-order valence-corrected chi connectivity index (χ4v) is 5.07. The quantitative estimate of drug-likeness (QED) is 0.503. The maximum absolute atomic E-state index is 15.1. The van der Waals surface area contributed by atoms with Gasteiger partial charge in [-0.05, 0) is 37.5 Å². The van der Waals surface area contributed by atoms with Gasteiger partial charge in [-0.15, -0.1) is 0 Å². The number of hydrogen-bond acceptors (Lipinski definition) is 5. The molecule has 2 aromatic carbocycles. The number of nitrogens with zero attached hydrogens (tertiary/aromatic N) is 4. The van der Waals surface area contributed by atoms with Gasteiger partial charge in [0.2, 0.25) is 5.95 Å². The van der Waals surface area contributed by atoms with Gasteiger partial charge in [0.05, 0.1) is 30.2 Å². The summed E-state index contributed by atoms with van der Waals surface area (Å²) in [5.41, 5.74) is 2.71. The zero-order chi connectivity index (χ0) is 24.2. The van der Waals surface area contributed by atoms with E-state index in [1.54, 1.807) is 18.2 Å². The van der Waals surface area contributed by atoms with E-state index >= 15 is 4.39 Å². The molecule has 1 saturated carbocycles. The molecule has 2 aliphatic rings. The Morgan fingerprint density at radius 3 is 2.43 bits per heavy atom. The summed E-state index contributed by atoms with van der Waals surface area (Å²) in [6, 6.07) is 16.7. The van der Waals surface area contributed by atoms with Crippen molar-refractivity contribution in [3.63, 3.8) is 0 Å². The summed E-state index contributed by atoms with van der Waals surface area (Å²) in [5, 5.41) is 0. The van der Waals surface area contributed by atoms with Crippen LogP contribution in [0.5, 0.6) is 0 Å². The van der Waals surface area contributed by atoms with Crippen LogP contribution in [0.4, 0.5) is 10.3 Å². The molecule has 6 nitrogen and oxygen atoms in total. The van der Waals surface area contributed by atoms with Crippen LogP contribution in [-0.2, 0) is 11.3 Å². The largest absolute Gasteiger partial charge is 0.378 e. The lowest BCUT2D eigenvalue weighted by molar-refractivity contribution is 0.0663. The second kappa shape index (κ2) is 10.5. The van der Waals surface area contributed by atoms with Crippen LogP contribution in [0.15, 0.2) is 54.6 Å². The standard InChI is InChI=1S/C28H31FN4O2/c1-20-25(27(34)33(22-11-5-6-12-22)19-21-9-3-2-4-10-21)26(23-13-7-8-14-24(23)29)31-28(30-20)32-15-17-35-18-16-32/h2-4,7-10,13-14,22H,5-6,11-12,15-19H2,1H3. The Balaban J connectivity index is 1.60. The van der Waals surface area contributed by atoms with E-state index in [9.17, 15) is 4.79 Å².